The number of imidazole rings is 1. The summed E-state index contributed by atoms with van der Waals surface area (Å²) in [4.78, 5) is 21.6. The van der Waals surface area contributed by atoms with Crippen LogP contribution in [-0.4, -0.2) is 76.3 Å². The third-order valence-electron chi connectivity index (χ3n) is 7.78. The highest BCUT2D eigenvalue weighted by Gasteiger charge is 2.32. The van der Waals surface area contributed by atoms with Crippen molar-refractivity contribution < 1.29 is 27.4 Å². The van der Waals surface area contributed by atoms with Crippen molar-refractivity contribution in [3.8, 4) is 17.1 Å². The number of benzene rings is 2. The van der Waals surface area contributed by atoms with E-state index in [1.165, 1.54) is 23.5 Å². The lowest BCUT2D eigenvalue weighted by atomic mass is 10.2. The second kappa shape index (κ2) is 12.6. The molecule has 0 amide bonds. The molecular formula is C30H34F3N7O3S. The van der Waals surface area contributed by atoms with Crippen LogP contribution in [0, 0.1) is 0 Å². The Bertz CT molecular complexity index is 1610. The smallest absolute Gasteiger partial charge is 0.466 e. The number of nitrogens with zero attached hydrogens (tertiary/aromatic N) is 6. The lowest BCUT2D eigenvalue weighted by molar-refractivity contribution is -0.274. The molecule has 1 saturated heterocycles. The van der Waals surface area contributed by atoms with E-state index in [0.29, 0.717) is 29.5 Å². The number of hydrogen-bond acceptors (Lipinski definition) is 10. The fourth-order valence-electron chi connectivity index (χ4n) is 5.47. The van der Waals surface area contributed by atoms with Gasteiger partial charge in [0.1, 0.15) is 16.6 Å². The Morgan fingerprint density at radius 3 is 2.48 bits per heavy atom. The number of rotatable bonds is 11. The molecule has 2 aromatic heterocycles. The number of alkyl halides is 3. The van der Waals surface area contributed by atoms with Crippen LogP contribution < -0.4 is 15.0 Å². The first-order chi connectivity index (χ1) is 21.2. The molecule has 1 aliphatic heterocycles. The molecule has 10 nitrogen and oxygen atoms in total. The van der Waals surface area contributed by atoms with Crippen molar-refractivity contribution in [3.63, 3.8) is 0 Å². The van der Waals surface area contributed by atoms with Gasteiger partial charge in [0.2, 0.25) is 5.13 Å². The Morgan fingerprint density at radius 1 is 1.07 bits per heavy atom. The van der Waals surface area contributed by atoms with Crippen LogP contribution in [0.25, 0.3) is 22.4 Å². The standard InChI is InChI=1S/C30H34F3N7O3S/c1-3-38-13-15-39(16-14-38)24-18-25-23(17-22(24)35-29-37-36-26(44-29)11-12-27(41)42-4-2)34-28(40(25)20-7-8-20)19-5-9-21(10-6-19)43-30(31,32)33/h5-6,9-10,17-18,20H,3-4,7-8,11-16H2,1-2H3,(H,35,37). The van der Waals surface area contributed by atoms with E-state index in [-0.39, 0.29) is 24.2 Å². The van der Waals surface area contributed by atoms with Gasteiger partial charge in [0.05, 0.1) is 35.4 Å². The molecule has 14 heteroatoms. The van der Waals surface area contributed by atoms with Gasteiger partial charge in [0.25, 0.3) is 0 Å². The fraction of sp³-hybridized carbons (Fsp3) is 0.467. The molecule has 2 aromatic carbocycles. The SMILES string of the molecule is CCOC(=O)CCc1nnc(Nc2cc3nc(-c4ccc(OC(F)(F)F)cc4)n(C4CC4)c3cc2N2CCN(CC)CC2)s1. The van der Waals surface area contributed by atoms with Gasteiger partial charge >= 0.3 is 12.3 Å². The number of ether oxygens (including phenoxy) is 2. The van der Waals surface area contributed by atoms with Gasteiger partial charge in [0.15, 0.2) is 0 Å². The number of halogens is 3. The van der Waals surface area contributed by atoms with Crippen LogP contribution in [0.3, 0.4) is 0 Å². The zero-order valence-electron chi connectivity index (χ0n) is 24.6. The van der Waals surface area contributed by atoms with Gasteiger partial charge < -0.3 is 29.2 Å². The molecule has 0 spiro atoms. The van der Waals surface area contributed by atoms with Crippen molar-refractivity contribution in [2.24, 2.45) is 0 Å². The quantitative estimate of drug-likeness (QED) is 0.195. The monoisotopic (exact) mass is 629 g/mol. The number of anilines is 3. The van der Waals surface area contributed by atoms with Crippen molar-refractivity contribution in [1.82, 2.24) is 24.6 Å². The van der Waals surface area contributed by atoms with Gasteiger partial charge in [-0.15, -0.1) is 23.4 Å². The summed E-state index contributed by atoms with van der Waals surface area (Å²) in [5.74, 6) is 0.173. The summed E-state index contributed by atoms with van der Waals surface area (Å²) < 4.78 is 49.5. The van der Waals surface area contributed by atoms with Crippen molar-refractivity contribution in [3.05, 3.63) is 41.4 Å². The van der Waals surface area contributed by atoms with Crippen LogP contribution in [0.2, 0.25) is 0 Å². The number of aromatic nitrogens is 4. The minimum atomic E-state index is -4.75. The predicted molar refractivity (Wildman–Crippen MR) is 163 cm³/mol. The molecule has 2 fully saturated rings. The molecule has 1 N–H and O–H groups in total. The number of nitrogens with one attached hydrogen (secondary N) is 1. The van der Waals surface area contributed by atoms with Crippen molar-refractivity contribution in [1.29, 1.82) is 0 Å². The molecule has 0 bridgehead atoms. The largest absolute Gasteiger partial charge is 0.573 e. The highest BCUT2D eigenvalue weighted by Crippen LogP contribution is 2.44. The first kappa shape index (κ1) is 30.1. The molecule has 4 aromatic rings. The number of carbonyl (C=O) groups is 1. The lowest BCUT2D eigenvalue weighted by Gasteiger charge is -2.36. The summed E-state index contributed by atoms with van der Waals surface area (Å²) in [5, 5.41) is 13.4. The van der Waals surface area contributed by atoms with E-state index in [1.807, 2.05) is 6.07 Å². The zero-order chi connectivity index (χ0) is 30.8. The second-order valence-electron chi connectivity index (χ2n) is 10.8. The molecule has 1 aliphatic carbocycles. The maximum absolute atomic E-state index is 12.7. The summed E-state index contributed by atoms with van der Waals surface area (Å²) in [6.07, 6.45) is -2.04. The normalized spacial score (nSPS) is 16.0. The Morgan fingerprint density at radius 2 is 1.82 bits per heavy atom. The Kier molecular flexibility index (Phi) is 8.63. The average molecular weight is 630 g/mol. The van der Waals surface area contributed by atoms with E-state index in [9.17, 15) is 18.0 Å². The molecule has 3 heterocycles. The van der Waals surface area contributed by atoms with E-state index in [2.05, 4.69) is 47.6 Å². The van der Waals surface area contributed by atoms with Crippen LogP contribution in [0.1, 0.15) is 44.2 Å². The first-order valence-electron chi connectivity index (χ1n) is 14.8. The van der Waals surface area contributed by atoms with Gasteiger partial charge in [-0.1, -0.05) is 18.3 Å². The van der Waals surface area contributed by atoms with E-state index in [1.54, 1.807) is 19.1 Å². The highest BCUT2D eigenvalue weighted by atomic mass is 32.1. The van der Waals surface area contributed by atoms with Gasteiger partial charge in [-0.05, 0) is 62.7 Å². The van der Waals surface area contributed by atoms with Gasteiger partial charge in [0, 0.05) is 44.2 Å². The van der Waals surface area contributed by atoms with Gasteiger partial charge in [-0.2, -0.15) is 0 Å². The van der Waals surface area contributed by atoms with Crippen LogP contribution in [0.5, 0.6) is 5.75 Å². The average Bonchev–Trinajstić information content (AvgIpc) is 3.62. The van der Waals surface area contributed by atoms with E-state index < -0.39 is 6.36 Å². The number of esters is 1. The second-order valence-corrected chi connectivity index (χ2v) is 11.9. The summed E-state index contributed by atoms with van der Waals surface area (Å²) >= 11 is 1.39. The molecule has 0 atom stereocenters. The molecule has 0 unspecified atom stereocenters. The third kappa shape index (κ3) is 6.91. The van der Waals surface area contributed by atoms with Crippen LogP contribution in [-0.2, 0) is 16.0 Å². The summed E-state index contributed by atoms with van der Waals surface area (Å²) in [7, 11) is 0. The molecule has 1 saturated carbocycles. The maximum atomic E-state index is 12.7. The van der Waals surface area contributed by atoms with Crippen molar-refractivity contribution in [2.75, 3.05) is 49.5 Å². The Balaban J connectivity index is 1.35. The minimum Gasteiger partial charge on any atom is -0.466 e. The van der Waals surface area contributed by atoms with Crippen LogP contribution >= 0.6 is 11.3 Å². The molecule has 44 heavy (non-hydrogen) atoms. The van der Waals surface area contributed by atoms with Crippen LogP contribution in [0.15, 0.2) is 36.4 Å². The summed E-state index contributed by atoms with van der Waals surface area (Å²) in [6, 6.07) is 10.3. The topological polar surface area (TPSA) is 97.6 Å². The Hall–Kier alpha value is -3.91. The molecule has 2 aliphatic rings. The maximum Gasteiger partial charge on any atom is 0.573 e. The highest BCUT2D eigenvalue weighted by molar-refractivity contribution is 7.15. The number of carbonyl (C=O) groups excluding carboxylic acids is 1. The number of aryl methyl sites for hydroxylation is 1. The first-order valence-corrected chi connectivity index (χ1v) is 15.7. The van der Waals surface area contributed by atoms with Gasteiger partial charge in [-0.3, -0.25) is 4.79 Å². The number of piperazine rings is 1. The number of likely N-dealkylation sites (N-methyl/N-ethyl adjacent to an activating group) is 1. The van der Waals surface area contributed by atoms with Crippen LogP contribution in [0.4, 0.5) is 29.7 Å². The summed E-state index contributed by atoms with van der Waals surface area (Å²) in [5.41, 5.74) is 4.33. The fourth-order valence-corrected chi connectivity index (χ4v) is 6.22. The van der Waals surface area contributed by atoms with E-state index >= 15 is 0 Å². The Labute approximate surface area is 256 Å². The predicted octanol–water partition coefficient (Wildman–Crippen LogP) is 6.17. The third-order valence-corrected chi connectivity index (χ3v) is 8.68. The molecule has 0 radical (unpaired) electrons. The van der Waals surface area contributed by atoms with Crippen molar-refractivity contribution >= 4 is 44.8 Å². The van der Waals surface area contributed by atoms with E-state index in [4.69, 9.17) is 9.72 Å². The van der Waals surface area contributed by atoms with E-state index in [0.717, 1.165) is 73.0 Å². The minimum absolute atomic E-state index is 0.242. The molecular weight excluding hydrogens is 595 g/mol. The lowest BCUT2D eigenvalue weighted by Crippen LogP contribution is -2.46. The van der Waals surface area contributed by atoms with Crippen molar-refractivity contribution in [2.45, 2.75) is 51.9 Å². The molecule has 6 rings (SSSR count). The summed E-state index contributed by atoms with van der Waals surface area (Å²) in [6.45, 7) is 8.91. The molecule has 234 valence electrons. The zero-order valence-corrected chi connectivity index (χ0v) is 25.4. The number of hydrogen-bond donors (Lipinski definition) is 1. The van der Waals surface area contributed by atoms with Gasteiger partial charge in [-0.25, -0.2) is 4.98 Å². The number of fused-ring (bicyclic) bond motifs is 1.